The number of esters is 1. The summed E-state index contributed by atoms with van der Waals surface area (Å²) in [5.41, 5.74) is -0.379. The Kier molecular flexibility index (Phi) is 4.35. The van der Waals surface area contributed by atoms with Crippen molar-refractivity contribution in [3.05, 3.63) is 22.1 Å². The van der Waals surface area contributed by atoms with Crippen molar-refractivity contribution in [3.63, 3.8) is 0 Å². The summed E-state index contributed by atoms with van der Waals surface area (Å²) in [5, 5.41) is 12.8. The first-order valence-corrected chi connectivity index (χ1v) is 5.12. The molecule has 1 amide bonds. The number of aromatic amines is 1. The topological polar surface area (TPSA) is 127 Å². The maximum Gasteiger partial charge on any atom is 0.353 e. The van der Waals surface area contributed by atoms with E-state index in [-0.39, 0.29) is 12.3 Å². The summed E-state index contributed by atoms with van der Waals surface area (Å²) in [6, 6.07) is -0.909. The zero-order valence-corrected chi connectivity index (χ0v) is 9.80. The second kappa shape index (κ2) is 5.75. The van der Waals surface area contributed by atoms with E-state index < -0.39 is 28.7 Å². The molecule has 18 heavy (non-hydrogen) atoms. The van der Waals surface area contributed by atoms with Crippen molar-refractivity contribution >= 4 is 17.7 Å². The first-order valence-electron chi connectivity index (χ1n) is 5.12. The Hall–Kier alpha value is -2.45. The minimum absolute atomic E-state index is 0.182. The monoisotopic (exact) mass is 256 g/mol. The zero-order chi connectivity index (χ0) is 13.7. The lowest BCUT2D eigenvalue weighted by Crippen LogP contribution is -2.39. The van der Waals surface area contributed by atoms with E-state index in [1.807, 2.05) is 0 Å². The Bertz CT molecular complexity index is 469. The molecular formula is C9H12N4O5. The molecule has 0 aromatic carbocycles. The predicted octanol–water partition coefficient (Wildman–Crippen LogP) is -0.000700. The van der Waals surface area contributed by atoms with Crippen LogP contribution in [0.3, 0.4) is 0 Å². The molecular weight excluding hydrogens is 244 g/mol. The summed E-state index contributed by atoms with van der Waals surface area (Å²) in [5.74, 6) is -1.96. The number of carbonyl (C=O) groups is 2. The van der Waals surface area contributed by atoms with Crippen molar-refractivity contribution in [2.45, 2.75) is 19.9 Å². The fourth-order valence-electron chi connectivity index (χ4n) is 1.18. The third-order valence-electron chi connectivity index (χ3n) is 2.00. The van der Waals surface area contributed by atoms with Crippen molar-refractivity contribution in [2.24, 2.45) is 0 Å². The minimum Gasteiger partial charge on any atom is -0.464 e. The summed E-state index contributed by atoms with van der Waals surface area (Å²) in [6.07, 6.45) is 1.03. The van der Waals surface area contributed by atoms with E-state index >= 15 is 0 Å². The molecule has 0 aliphatic carbocycles. The van der Waals surface area contributed by atoms with E-state index in [1.165, 1.54) is 6.92 Å². The van der Waals surface area contributed by atoms with Crippen LogP contribution in [0.25, 0.3) is 0 Å². The smallest absolute Gasteiger partial charge is 0.353 e. The average molecular weight is 256 g/mol. The number of H-pyrrole nitrogens is 1. The third-order valence-corrected chi connectivity index (χ3v) is 2.00. The molecule has 0 aliphatic heterocycles. The van der Waals surface area contributed by atoms with Gasteiger partial charge in [0.1, 0.15) is 6.04 Å². The molecule has 0 radical (unpaired) electrons. The molecule has 0 fully saturated rings. The summed E-state index contributed by atoms with van der Waals surface area (Å²) in [4.78, 5) is 38.5. The maximum atomic E-state index is 11.6. The maximum absolute atomic E-state index is 11.6. The highest BCUT2D eigenvalue weighted by Crippen LogP contribution is 2.11. The number of nitrogens with zero attached hydrogens (tertiary/aromatic N) is 2. The van der Waals surface area contributed by atoms with Crippen LogP contribution < -0.4 is 5.32 Å². The van der Waals surface area contributed by atoms with Gasteiger partial charge in [0, 0.05) is 0 Å². The normalized spacial score (nSPS) is 11.7. The Balaban J connectivity index is 2.74. The lowest BCUT2D eigenvalue weighted by molar-refractivity contribution is -0.389. The van der Waals surface area contributed by atoms with Crippen LogP contribution >= 0.6 is 0 Å². The average Bonchev–Trinajstić information content (AvgIpc) is 2.78. The highest BCUT2D eigenvalue weighted by Gasteiger charge is 2.25. The van der Waals surface area contributed by atoms with E-state index in [4.69, 9.17) is 0 Å². The lowest BCUT2D eigenvalue weighted by atomic mass is 10.3. The van der Waals surface area contributed by atoms with Gasteiger partial charge in [-0.2, -0.15) is 0 Å². The Morgan fingerprint density at radius 1 is 1.67 bits per heavy atom. The summed E-state index contributed by atoms with van der Waals surface area (Å²) in [7, 11) is 0. The zero-order valence-electron chi connectivity index (χ0n) is 9.80. The quantitative estimate of drug-likeness (QED) is 0.433. The molecule has 9 nitrogen and oxygen atoms in total. The molecule has 1 atom stereocenters. The second-order valence-electron chi connectivity index (χ2n) is 3.30. The van der Waals surface area contributed by atoms with E-state index in [9.17, 15) is 19.7 Å². The van der Waals surface area contributed by atoms with Gasteiger partial charge in [-0.15, -0.1) is 0 Å². The number of aromatic nitrogens is 2. The molecule has 98 valence electrons. The van der Waals surface area contributed by atoms with Gasteiger partial charge in [-0.05, 0) is 18.8 Å². The molecule has 1 aromatic heterocycles. The fraction of sp³-hybridized carbons (Fsp3) is 0.444. The van der Waals surface area contributed by atoms with Crippen molar-refractivity contribution in [3.8, 4) is 0 Å². The van der Waals surface area contributed by atoms with Gasteiger partial charge in [-0.1, -0.05) is 0 Å². The highest BCUT2D eigenvalue weighted by atomic mass is 16.6. The molecule has 1 aromatic rings. The molecule has 0 aliphatic rings. The first kappa shape index (κ1) is 13.6. The van der Waals surface area contributed by atoms with Crippen LogP contribution in [0.1, 0.15) is 24.3 Å². The SMILES string of the molecule is CCOC(=O)C(C)NC(=O)c1nc[nH]c1[N+](=O)[O-]. The van der Waals surface area contributed by atoms with Gasteiger partial charge in [0.25, 0.3) is 5.91 Å². The molecule has 1 rings (SSSR count). The predicted molar refractivity (Wildman–Crippen MR) is 58.8 cm³/mol. The standard InChI is InChI=1S/C9H12N4O5/c1-3-18-9(15)5(2)12-8(14)6-7(13(16)17)11-4-10-6/h4-5H,3H2,1-2H3,(H,10,11)(H,12,14). The minimum atomic E-state index is -0.909. The second-order valence-corrected chi connectivity index (χ2v) is 3.30. The molecule has 0 bridgehead atoms. The number of hydrogen-bond acceptors (Lipinski definition) is 6. The van der Waals surface area contributed by atoms with Gasteiger partial charge in [-0.3, -0.25) is 4.79 Å². The number of carbonyl (C=O) groups excluding carboxylic acids is 2. The number of nitro groups is 1. The van der Waals surface area contributed by atoms with Gasteiger partial charge in [0.05, 0.1) is 6.61 Å². The highest BCUT2D eigenvalue weighted by molar-refractivity contribution is 5.97. The van der Waals surface area contributed by atoms with Gasteiger partial charge in [-0.25, -0.2) is 14.8 Å². The summed E-state index contributed by atoms with van der Waals surface area (Å²) < 4.78 is 4.68. The number of hydrogen-bond donors (Lipinski definition) is 2. The van der Waals surface area contributed by atoms with Crippen LogP contribution in [0.15, 0.2) is 6.33 Å². The van der Waals surface area contributed by atoms with Crippen molar-refractivity contribution in [2.75, 3.05) is 6.61 Å². The Morgan fingerprint density at radius 3 is 2.89 bits per heavy atom. The molecule has 1 heterocycles. The number of ether oxygens (including phenoxy) is 1. The summed E-state index contributed by atoms with van der Waals surface area (Å²) in [6.45, 7) is 3.22. The first-order chi connectivity index (χ1) is 8.47. The third kappa shape index (κ3) is 3.03. The van der Waals surface area contributed by atoms with Crippen LogP contribution in [-0.2, 0) is 9.53 Å². The number of rotatable bonds is 5. The molecule has 0 saturated heterocycles. The van der Waals surface area contributed by atoms with Gasteiger partial charge >= 0.3 is 11.8 Å². The van der Waals surface area contributed by atoms with E-state index in [0.29, 0.717) is 0 Å². The largest absolute Gasteiger partial charge is 0.464 e. The van der Waals surface area contributed by atoms with Gasteiger partial charge in [0.2, 0.25) is 5.69 Å². The number of nitrogens with one attached hydrogen (secondary N) is 2. The number of amides is 1. The Morgan fingerprint density at radius 2 is 2.33 bits per heavy atom. The molecule has 0 spiro atoms. The molecule has 9 heteroatoms. The van der Waals surface area contributed by atoms with E-state index in [2.05, 4.69) is 20.0 Å². The van der Waals surface area contributed by atoms with Crippen LogP contribution in [0.4, 0.5) is 5.82 Å². The molecule has 0 saturated carbocycles. The Labute approximate surface area is 102 Å². The molecule has 2 N–H and O–H groups in total. The van der Waals surface area contributed by atoms with Crippen LogP contribution in [0, 0.1) is 10.1 Å². The van der Waals surface area contributed by atoms with Gasteiger partial charge < -0.3 is 20.2 Å². The van der Waals surface area contributed by atoms with E-state index in [1.54, 1.807) is 6.92 Å². The van der Waals surface area contributed by atoms with E-state index in [0.717, 1.165) is 6.33 Å². The van der Waals surface area contributed by atoms with Gasteiger partial charge in [0.15, 0.2) is 6.33 Å². The molecule has 1 unspecified atom stereocenters. The lowest BCUT2D eigenvalue weighted by Gasteiger charge is -2.11. The summed E-state index contributed by atoms with van der Waals surface area (Å²) >= 11 is 0. The fourth-order valence-corrected chi connectivity index (χ4v) is 1.18. The number of imidazole rings is 1. The van der Waals surface area contributed by atoms with Crippen molar-refractivity contribution in [1.29, 1.82) is 0 Å². The van der Waals surface area contributed by atoms with Crippen molar-refractivity contribution in [1.82, 2.24) is 15.3 Å². The van der Waals surface area contributed by atoms with Crippen molar-refractivity contribution < 1.29 is 19.2 Å². The van der Waals surface area contributed by atoms with Crippen LogP contribution in [0.5, 0.6) is 0 Å². The van der Waals surface area contributed by atoms with Crippen LogP contribution in [-0.4, -0.2) is 39.4 Å². The van der Waals surface area contributed by atoms with Crippen LogP contribution in [0.2, 0.25) is 0 Å².